The number of benzene rings is 3. The summed E-state index contributed by atoms with van der Waals surface area (Å²) in [7, 11) is 0. The van der Waals surface area contributed by atoms with Crippen molar-refractivity contribution in [1.29, 1.82) is 0 Å². The molecule has 3 aromatic carbocycles. The molecule has 4 heterocycles. The Kier molecular flexibility index (Phi) is 9.71. The van der Waals surface area contributed by atoms with E-state index in [1.165, 1.54) is 4.90 Å². The number of carbonyl (C=O) groups is 3. The van der Waals surface area contributed by atoms with Crippen LogP contribution >= 0.6 is 0 Å². The van der Waals surface area contributed by atoms with Crippen LogP contribution in [0, 0.1) is 11.8 Å². The van der Waals surface area contributed by atoms with E-state index in [4.69, 9.17) is 9.47 Å². The Morgan fingerprint density at radius 1 is 0.808 bits per heavy atom. The molecule has 1 spiro atoms. The zero-order chi connectivity index (χ0) is 36.6. The Bertz CT molecular complexity index is 1840. The average molecular weight is 705 g/mol. The Morgan fingerprint density at radius 2 is 1.42 bits per heavy atom. The van der Waals surface area contributed by atoms with E-state index in [2.05, 4.69) is 18.7 Å². The van der Waals surface area contributed by atoms with Crippen molar-refractivity contribution in [2.24, 2.45) is 11.8 Å². The summed E-state index contributed by atoms with van der Waals surface area (Å²) >= 11 is 0. The third kappa shape index (κ3) is 5.87. The maximum Gasteiger partial charge on any atom is 0.253 e. The highest BCUT2D eigenvalue weighted by Crippen LogP contribution is 2.58. The van der Waals surface area contributed by atoms with Gasteiger partial charge in [-0.2, -0.15) is 0 Å². The van der Waals surface area contributed by atoms with Crippen LogP contribution in [0.2, 0.25) is 0 Å². The van der Waals surface area contributed by atoms with Gasteiger partial charge in [0.25, 0.3) is 5.91 Å². The molecule has 0 aromatic heterocycles. The van der Waals surface area contributed by atoms with Crippen molar-refractivity contribution in [2.75, 3.05) is 54.1 Å². The Morgan fingerprint density at radius 3 is 2.04 bits per heavy atom. The lowest BCUT2D eigenvalue weighted by Gasteiger charge is -2.40. The first-order chi connectivity index (χ1) is 25.2. The van der Waals surface area contributed by atoms with E-state index >= 15 is 9.59 Å². The molecule has 10 nitrogen and oxygen atoms in total. The molecule has 7 rings (SSSR count). The molecule has 0 saturated carbocycles. The van der Waals surface area contributed by atoms with Crippen molar-refractivity contribution in [3.63, 3.8) is 0 Å². The number of aliphatic hydroxyl groups excluding tert-OH is 1. The van der Waals surface area contributed by atoms with Gasteiger partial charge in [0.15, 0.2) is 0 Å². The molecular formula is C42H48N4O6. The third-order valence-corrected chi connectivity index (χ3v) is 11.2. The molecule has 4 aliphatic rings. The van der Waals surface area contributed by atoms with Crippen molar-refractivity contribution < 1.29 is 29.0 Å². The van der Waals surface area contributed by atoms with Gasteiger partial charge in [-0.25, -0.2) is 0 Å². The number of hydrogen-bond donors (Lipinski definition) is 1. The number of rotatable bonds is 11. The van der Waals surface area contributed by atoms with E-state index in [0.29, 0.717) is 36.7 Å². The fourth-order valence-electron chi connectivity index (χ4n) is 8.78. The first-order valence-corrected chi connectivity index (χ1v) is 18.4. The smallest absolute Gasteiger partial charge is 0.253 e. The fourth-order valence-corrected chi connectivity index (χ4v) is 8.78. The molecule has 2 saturated heterocycles. The number of carbonyl (C=O) groups excluding carboxylic acids is 3. The normalized spacial score (nSPS) is 27.2. The van der Waals surface area contributed by atoms with Crippen LogP contribution in [-0.4, -0.2) is 90.4 Å². The molecule has 4 aliphatic heterocycles. The zero-order valence-corrected chi connectivity index (χ0v) is 30.4. The fraction of sp³-hybridized carbons (Fsp3) is 0.405. The number of fused-ring (bicyclic) bond motifs is 2. The number of anilines is 3. The van der Waals surface area contributed by atoms with Crippen LogP contribution in [0.5, 0.6) is 5.75 Å². The van der Waals surface area contributed by atoms with Crippen molar-refractivity contribution in [2.45, 2.75) is 57.4 Å². The van der Waals surface area contributed by atoms with E-state index in [9.17, 15) is 9.90 Å². The lowest BCUT2D eigenvalue weighted by molar-refractivity contribution is -0.147. The summed E-state index contributed by atoms with van der Waals surface area (Å²) in [5.74, 6) is -2.21. The second-order valence-electron chi connectivity index (χ2n) is 14.1. The van der Waals surface area contributed by atoms with Gasteiger partial charge >= 0.3 is 0 Å². The van der Waals surface area contributed by atoms with Gasteiger partial charge in [-0.3, -0.25) is 14.4 Å². The summed E-state index contributed by atoms with van der Waals surface area (Å²) in [5, 5.41) is 10.9. The summed E-state index contributed by atoms with van der Waals surface area (Å²) in [6.07, 6.45) is 7.85. The maximum atomic E-state index is 15.2. The molecule has 6 atom stereocenters. The molecule has 0 bridgehead atoms. The van der Waals surface area contributed by atoms with Gasteiger partial charge in [0.2, 0.25) is 11.8 Å². The summed E-state index contributed by atoms with van der Waals surface area (Å²) in [4.78, 5) is 52.3. The largest absolute Gasteiger partial charge is 0.494 e. The molecule has 1 unspecified atom stereocenters. The predicted octanol–water partition coefficient (Wildman–Crippen LogP) is 5.01. The number of hydrogen-bond acceptors (Lipinski definition) is 7. The van der Waals surface area contributed by atoms with E-state index < -0.39 is 35.1 Å². The van der Waals surface area contributed by atoms with Gasteiger partial charge in [-0.15, -0.1) is 0 Å². The molecule has 3 aromatic rings. The number of amides is 3. The highest BCUT2D eigenvalue weighted by molar-refractivity contribution is 6.07. The average Bonchev–Trinajstić information content (AvgIpc) is 3.43. The monoisotopic (exact) mass is 704 g/mol. The molecular weight excluding hydrogens is 656 g/mol. The van der Waals surface area contributed by atoms with Gasteiger partial charge in [0.05, 0.1) is 36.7 Å². The van der Waals surface area contributed by atoms with Gasteiger partial charge in [-0.05, 0) is 88.2 Å². The molecule has 0 aliphatic carbocycles. The van der Waals surface area contributed by atoms with Crippen molar-refractivity contribution in [3.8, 4) is 5.75 Å². The molecule has 10 heteroatoms. The summed E-state index contributed by atoms with van der Waals surface area (Å²) in [6.45, 7) is 10.4. The van der Waals surface area contributed by atoms with Crippen molar-refractivity contribution >= 4 is 34.8 Å². The second kappa shape index (κ2) is 14.2. The molecule has 0 radical (unpaired) electrons. The van der Waals surface area contributed by atoms with Crippen LogP contribution in [0.3, 0.4) is 0 Å². The van der Waals surface area contributed by atoms with Crippen LogP contribution < -0.4 is 19.4 Å². The van der Waals surface area contributed by atoms with Crippen LogP contribution in [0.4, 0.5) is 17.1 Å². The van der Waals surface area contributed by atoms with Crippen LogP contribution in [0.25, 0.3) is 0 Å². The first-order valence-electron chi connectivity index (χ1n) is 18.4. The summed E-state index contributed by atoms with van der Waals surface area (Å²) < 4.78 is 12.7. The quantitative estimate of drug-likeness (QED) is 0.280. The lowest BCUT2D eigenvalue weighted by Crippen LogP contribution is -2.59. The van der Waals surface area contributed by atoms with Gasteiger partial charge in [-0.1, -0.05) is 54.6 Å². The summed E-state index contributed by atoms with van der Waals surface area (Å²) in [5.41, 5.74) is 0.695. The maximum absolute atomic E-state index is 15.2. The number of likely N-dealkylation sites (tertiary alicyclic amines) is 1. The first kappa shape index (κ1) is 35.5. The SMILES string of the molecule is CCOc1ccc(N2CC=C[C@@]3(C)O[C@]45C=CCN(c6ccc(N(CC)CC)cc6)C(=O)C4N([C@@H](CO)Cc4ccccc4)C(=O)[C@@H]5[C@H]3C2=O)cc1. The highest BCUT2D eigenvalue weighted by atomic mass is 16.5. The van der Waals surface area contributed by atoms with Crippen molar-refractivity contribution in [3.05, 3.63) is 109 Å². The minimum absolute atomic E-state index is 0.256. The lowest BCUT2D eigenvalue weighted by atomic mass is 9.74. The Labute approximate surface area is 305 Å². The van der Waals surface area contributed by atoms with E-state index in [-0.39, 0.29) is 30.9 Å². The minimum atomic E-state index is -1.46. The van der Waals surface area contributed by atoms with E-state index in [1.54, 1.807) is 9.80 Å². The molecule has 52 heavy (non-hydrogen) atoms. The van der Waals surface area contributed by atoms with Crippen LogP contribution in [-0.2, 0) is 25.5 Å². The van der Waals surface area contributed by atoms with Crippen molar-refractivity contribution in [1.82, 2.24) is 4.90 Å². The topological polar surface area (TPSA) is 103 Å². The van der Waals surface area contributed by atoms with Gasteiger partial charge in [0, 0.05) is 43.2 Å². The molecule has 2 fully saturated rings. The molecule has 272 valence electrons. The van der Waals surface area contributed by atoms with Gasteiger partial charge < -0.3 is 34.2 Å². The van der Waals surface area contributed by atoms with E-state index in [1.807, 2.05) is 117 Å². The van der Waals surface area contributed by atoms with E-state index in [0.717, 1.165) is 24.3 Å². The Balaban J connectivity index is 1.32. The van der Waals surface area contributed by atoms with Crippen LogP contribution in [0.1, 0.15) is 33.3 Å². The molecule has 1 N–H and O–H groups in total. The third-order valence-electron chi connectivity index (χ3n) is 11.2. The second-order valence-corrected chi connectivity index (χ2v) is 14.1. The minimum Gasteiger partial charge on any atom is -0.494 e. The highest BCUT2D eigenvalue weighted by Gasteiger charge is 2.75. The number of nitrogens with zero attached hydrogens (tertiary/aromatic N) is 4. The Hall–Kier alpha value is -4.93. The molecule has 3 amide bonds. The standard InChI is InChI=1S/C42H48N4O6/c1-5-43(6-2)30-15-17-31(18-16-30)45-26-12-24-42-36(39(49)46(37(42)40(45)50)33(28-47)27-29-13-9-8-10-14-29)35-38(48)44(25-11-23-41(35,4)52-42)32-19-21-34(22-20-32)51-7-3/h8-24,33,35-37,47H,5-7,25-28H2,1-4H3/t33-,35+,36+,37?,41-,42+/m1/s1. The number of aliphatic hydroxyl groups is 1. The predicted molar refractivity (Wildman–Crippen MR) is 201 cm³/mol. The van der Waals surface area contributed by atoms with Gasteiger partial charge in [0.1, 0.15) is 17.4 Å². The number of ether oxygens (including phenoxy) is 2. The van der Waals surface area contributed by atoms with Crippen LogP contribution in [0.15, 0.2) is 103 Å². The zero-order valence-electron chi connectivity index (χ0n) is 30.4. The summed E-state index contributed by atoms with van der Waals surface area (Å²) in [6, 6.07) is 23.0.